The maximum absolute atomic E-state index is 13.2. The number of fused-ring (bicyclic) bond motifs is 1. The summed E-state index contributed by atoms with van der Waals surface area (Å²) in [5, 5.41) is 3.24. The van der Waals surface area contributed by atoms with E-state index in [0.29, 0.717) is 17.8 Å². The van der Waals surface area contributed by atoms with Crippen LogP contribution in [0.2, 0.25) is 0 Å². The molecule has 2 fully saturated rings. The Bertz CT molecular complexity index is 1100. The van der Waals surface area contributed by atoms with Gasteiger partial charge >= 0.3 is 0 Å². The first-order valence-electron chi connectivity index (χ1n) is 11.9. The smallest absolute Gasteiger partial charge is 0.272 e. The van der Waals surface area contributed by atoms with Crippen LogP contribution in [0.1, 0.15) is 84.1 Å². The van der Waals surface area contributed by atoms with Crippen molar-refractivity contribution in [3.05, 3.63) is 71.8 Å². The number of benzene rings is 1. The van der Waals surface area contributed by atoms with Crippen LogP contribution in [0.15, 0.2) is 54.7 Å². The molecule has 3 heterocycles. The third kappa shape index (κ3) is 4.01. The minimum atomic E-state index is -0.142. The first kappa shape index (κ1) is 20.7. The van der Waals surface area contributed by atoms with Crippen LogP contribution >= 0.6 is 0 Å². The molecular weight excluding hydrogens is 400 g/mol. The molecule has 2 amide bonds. The lowest BCUT2D eigenvalue weighted by molar-refractivity contribution is 0.0729. The normalized spacial score (nSPS) is 19.8. The zero-order chi connectivity index (χ0) is 21.9. The summed E-state index contributed by atoms with van der Waals surface area (Å²) in [5.74, 6) is 0.685. The number of pyridine rings is 1. The molecule has 6 heteroatoms. The lowest BCUT2D eigenvalue weighted by atomic mass is 10.1. The lowest BCUT2D eigenvalue weighted by Gasteiger charge is -2.24. The lowest BCUT2D eigenvalue weighted by Crippen LogP contribution is -2.35. The highest BCUT2D eigenvalue weighted by atomic mass is 16.2. The van der Waals surface area contributed by atoms with Crippen LogP contribution in [0, 0.1) is 0 Å². The van der Waals surface area contributed by atoms with Crippen molar-refractivity contribution < 1.29 is 9.59 Å². The van der Waals surface area contributed by atoms with Crippen LogP contribution in [-0.4, -0.2) is 38.7 Å². The maximum Gasteiger partial charge on any atom is 0.272 e. The Morgan fingerprint density at radius 1 is 0.875 bits per heavy atom. The van der Waals surface area contributed by atoms with E-state index in [1.54, 1.807) is 0 Å². The Hall–Kier alpha value is -3.15. The molecule has 5 rings (SSSR count). The predicted molar refractivity (Wildman–Crippen MR) is 124 cm³/mol. The molecule has 0 spiro atoms. The Morgan fingerprint density at radius 3 is 2.41 bits per heavy atom. The molecule has 1 atom stereocenters. The second-order valence-electron chi connectivity index (χ2n) is 8.96. The van der Waals surface area contributed by atoms with E-state index in [1.807, 2.05) is 64.0 Å². The molecule has 2 aliphatic rings. The predicted octanol–water partition coefficient (Wildman–Crippen LogP) is 4.76. The SMILES string of the molecule is O=C(NC1CCCCCC1)c1nc([C@@H]2CCCN2C(=O)c2ccccc2)n2ccccc12. The average molecular weight is 431 g/mol. The molecule has 0 radical (unpaired) electrons. The van der Waals surface area contributed by atoms with Gasteiger partial charge in [0.25, 0.3) is 11.8 Å². The van der Waals surface area contributed by atoms with Crippen molar-refractivity contribution in [1.82, 2.24) is 19.6 Å². The zero-order valence-electron chi connectivity index (χ0n) is 18.4. The summed E-state index contributed by atoms with van der Waals surface area (Å²) in [5.41, 5.74) is 1.95. The molecule has 32 heavy (non-hydrogen) atoms. The molecular formula is C26H30N4O2. The minimum absolute atomic E-state index is 0.0187. The monoisotopic (exact) mass is 430 g/mol. The van der Waals surface area contributed by atoms with Crippen LogP contribution in [0.3, 0.4) is 0 Å². The number of carbonyl (C=O) groups excluding carboxylic acids is 2. The number of aromatic nitrogens is 2. The van der Waals surface area contributed by atoms with E-state index in [9.17, 15) is 9.59 Å². The van der Waals surface area contributed by atoms with E-state index in [0.717, 1.165) is 37.0 Å². The quantitative estimate of drug-likeness (QED) is 0.607. The summed E-state index contributed by atoms with van der Waals surface area (Å²) in [6.45, 7) is 0.698. The number of imidazole rings is 1. The largest absolute Gasteiger partial charge is 0.348 e. The summed E-state index contributed by atoms with van der Waals surface area (Å²) < 4.78 is 1.99. The van der Waals surface area contributed by atoms with Crippen molar-refractivity contribution in [2.75, 3.05) is 6.54 Å². The second-order valence-corrected chi connectivity index (χ2v) is 8.96. The molecule has 6 nitrogen and oxygen atoms in total. The maximum atomic E-state index is 13.2. The van der Waals surface area contributed by atoms with Crippen LogP contribution in [0.4, 0.5) is 0 Å². The Labute approximate surface area is 188 Å². The van der Waals surface area contributed by atoms with Crippen molar-refractivity contribution in [2.24, 2.45) is 0 Å². The highest BCUT2D eigenvalue weighted by Gasteiger charge is 2.34. The van der Waals surface area contributed by atoms with E-state index in [1.165, 1.54) is 25.7 Å². The summed E-state index contributed by atoms with van der Waals surface area (Å²) in [4.78, 5) is 33.2. The van der Waals surface area contributed by atoms with Gasteiger partial charge in [-0.25, -0.2) is 4.98 Å². The molecule has 1 aromatic carbocycles. The minimum Gasteiger partial charge on any atom is -0.348 e. The molecule has 1 aliphatic carbocycles. The van der Waals surface area contributed by atoms with Crippen LogP contribution in [0.25, 0.3) is 5.52 Å². The fourth-order valence-corrected chi connectivity index (χ4v) is 5.17. The summed E-state index contributed by atoms with van der Waals surface area (Å²) in [6.07, 6.45) is 10.6. The molecule has 166 valence electrons. The van der Waals surface area contributed by atoms with Gasteiger partial charge in [0, 0.05) is 24.3 Å². The second kappa shape index (κ2) is 9.15. The van der Waals surface area contributed by atoms with Gasteiger partial charge in [0.1, 0.15) is 5.82 Å². The first-order valence-corrected chi connectivity index (χ1v) is 11.9. The molecule has 1 saturated heterocycles. The van der Waals surface area contributed by atoms with E-state index >= 15 is 0 Å². The molecule has 1 N–H and O–H groups in total. The van der Waals surface area contributed by atoms with Gasteiger partial charge in [0.05, 0.1) is 11.6 Å². The van der Waals surface area contributed by atoms with Gasteiger partial charge in [-0.1, -0.05) is 49.9 Å². The van der Waals surface area contributed by atoms with E-state index < -0.39 is 0 Å². The fraction of sp³-hybridized carbons (Fsp3) is 0.423. The van der Waals surface area contributed by atoms with Gasteiger partial charge < -0.3 is 14.6 Å². The number of hydrogen-bond acceptors (Lipinski definition) is 3. The highest BCUT2D eigenvalue weighted by molar-refractivity contribution is 5.99. The van der Waals surface area contributed by atoms with Crippen molar-refractivity contribution in [3.63, 3.8) is 0 Å². The summed E-state index contributed by atoms with van der Waals surface area (Å²) >= 11 is 0. The Balaban J connectivity index is 1.45. The van der Waals surface area contributed by atoms with Gasteiger partial charge in [-0.2, -0.15) is 0 Å². The Kier molecular flexibility index (Phi) is 5.93. The number of rotatable bonds is 4. The Morgan fingerprint density at radius 2 is 1.62 bits per heavy atom. The number of nitrogens with one attached hydrogen (secondary N) is 1. The first-order chi connectivity index (χ1) is 15.7. The van der Waals surface area contributed by atoms with E-state index in [4.69, 9.17) is 4.98 Å². The number of nitrogens with zero attached hydrogens (tertiary/aromatic N) is 3. The third-order valence-electron chi connectivity index (χ3n) is 6.81. The van der Waals surface area contributed by atoms with Gasteiger partial charge in [0.15, 0.2) is 5.69 Å². The van der Waals surface area contributed by atoms with Gasteiger partial charge in [-0.3, -0.25) is 9.59 Å². The summed E-state index contributed by atoms with van der Waals surface area (Å²) in [7, 11) is 0. The van der Waals surface area contributed by atoms with Crippen LogP contribution in [0.5, 0.6) is 0 Å². The van der Waals surface area contributed by atoms with Gasteiger partial charge in [-0.15, -0.1) is 0 Å². The van der Waals surface area contributed by atoms with Crippen LogP contribution in [-0.2, 0) is 0 Å². The zero-order valence-corrected chi connectivity index (χ0v) is 18.4. The van der Waals surface area contributed by atoms with E-state index in [2.05, 4.69) is 5.32 Å². The van der Waals surface area contributed by atoms with E-state index in [-0.39, 0.29) is 23.9 Å². The number of hydrogen-bond donors (Lipinski definition) is 1. The number of amides is 2. The molecule has 0 unspecified atom stereocenters. The van der Waals surface area contributed by atoms with Crippen LogP contribution < -0.4 is 5.32 Å². The van der Waals surface area contributed by atoms with Crippen molar-refractivity contribution >= 4 is 17.3 Å². The topological polar surface area (TPSA) is 66.7 Å². The van der Waals surface area contributed by atoms with Crippen molar-refractivity contribution in [1.29, 1.82) is 0 Å². The fourth-order valence-electron chi connectivity index (χ4n) is 5.17. The standard InChI is InChI=1S/C26H30N4O2/c31-25(27-20-13-6-1-2-7-14-20)23-21-15-8-9-17-29(21)24(28-23)22-16-10-18-30(22)26(32)19-11-4-3-5-12-19/h3-5,8-9,11-12,15,17,20,22H,1-2,6-7,10,13-14,16,18H2,(H,27,31)/t22-/m0/s1. The highest BCUT2D eigenvalue weighted by Crippen LogP contribution is 2.34. The average Bonchev–Trinajstić information content (AvgIpc) is 3.37. The molecule has 1 aliphatic heterocycles. The summed E-state index contributed by atoms with van der Waals surface area (Å²) in [6, 6.07) is 15.3. The third-order valence-corrected chi connectivity index (χ3v) is 6.81. The molecule has 3 aromatic rings. The van der Waals surface area contributed by atoms with Gasteiger partial charge in [0.2, 0.25) is 0 Å². The molecule has 1 saturated carbocycles. The number of likely N-dealkylation sites (tertiary alicyclic amines) is 1. The van der Waals surface area contributed by atoms with Gasteiger partial charge in [-0.05, 0) is 49.9 Å². The number of carbonyl (C=O) groups is 2. The molecule has 2 aromatic heterocycles. The van der Waals surface area contributed by atoms with Crippen molar-refractivity contribution in [2.45, 2.75) is 63.5 Å². The molecule has 0 bridgehead atoms. The van der Waals surface area contributed by atoms with Crippen molar-refractivity contribution in [3.8, 4) is 0 Å².